The van der Waals surface area contributed by atoms with Gasteiger partial charge in [0.15, 0.2) is 0 Å². The Bertz CT molecular complexity index is 864. The Hall–Kier alpha value is -2.53. The average Bonchev–Trinajstić information content (AvgIpc) is 2.60. The van der Waals surface area contributed by atoms with Crippen LogP contribution >= 0.6 is 11.8 Å². The highest BCUT2D eigenvalue weighted by atomic mass is 32.2. The molecular weight excluding hydrogens is 310 g/mol. The number of esters is 1. The molecule has 0 radical (unpaired) electrons. The predicted molar refractivity (Wildman–Crippen MR) is 91.5 cm³/mol. The fourth-order valence-electron chi connectivity index (χ4n) is 2.26. The van der Waals surface area contributed by atoms with E-state index >= 15 is 0 Å². The predicted octanol–water partition coefficient (Wildman–Crippen LogP) is 4.18. The van der Waals surface area contributed by atoms with Gasteiger partial charge in [-0.15, -0.1) is 11.8 Å². The highest BCUT2D eigenvalue weighted by Crippen LogP contribution is 2.26. The Morgan fingerprint density at radius 2 is 1.78 bits per heavy atom. The molecule has 3 aromatic rings. The lowest BCUT2D eigenvalue weighted by Gasteiger charge is -2.08. The first-order chi connectivity index (χ1) is 11.2. The van der Waals surface area contributed by atoms with Crippen LogP contribution in [0.4, 0.5) is 0 Å². The molecule has 0 spiro atoms. The molecule has 4 nitrogen and oxygen atoms in total. The summed E-state index contributed by atoms with van der Waals surface area (Å²) in [6, 6.07) is 14.7. The van der Waals surface area contributed by atoms with Crippen LogP contribution < -0.4 is 9.47 Å². The zero-order valence-electron chi connectivity index (χ0n) is 12.8. The lowest BCUT2D eigenvalue weighted by atomic mass is 10.1. The first-order valence-corrected chi connectivity index (χ1v) is 8.23. The van der Waals surface area contributed by atoms with E-state index in [1.807, 2.05) is 36.6 Å². The molecule has 116 valence electrons. The standard InChI is InChI=1S/C18H15NO3S/c1-21-14-7-5-12-6-8-15(11-13(12)10-14)22-18(20)16-4-3-9-19-17(16)23-2/h3-11H,1-2H3. The molecule has 0 saturated heterocycles. The molecule has 0 N–H and O–H groups in total. The number of thioether (sulfide) groups is 1. The van der Waals surface area contributed by atoms with E-state index in [9.17, 15) is 4.79 Å². The Morgan fingerprint density at radius 3 is 2.52 bits per heavy atom. The van der Waals surface area contributed by atoms with Crippen molar-refractivity contribution >= 4 is 28.5 Å². The third-order valence-electron chi connectivity index (χ3n) is 3.41. The van der Waals surface area contributed by atoms with E-state index in [0.717, 1.165) is 16.5 Å². The maximum absolute atomic E-state index is 12.4. The van der Waals surface area contributed by atoms with Crippen molar-refractivity contribution in [3.05, 3.63) is 60.3 Å². The van der Waals surface area contributed by atoms with Crippen LogP contribution in [-0.4, -0.2) is 24.3 Å². The maximum atomic E-state index is 12.4. The molecule has 0 saturated carbocycles. The fraction of sp³-hybridized carbons (Fsp3) is 0.111. The highest BCUT2D eigenvalue weighted by molar-refractivity contribution is 7.98. The Kier molecular flexibility index (Phi) is 4.48. The van der Waals surface area contributed by atoms with Gasteiger partial charge in [-0.1, -0.05) is 12.1 Å². The molecule has 0 aliphatic rings. The molecule has 0 bridgehead atoms. The molecule has 1 heterocycles. The Balaban J connectivity index is 1.90. The molecule has 0 amide bonds. The number of methoxy groups -OCH3 is 1. The number of aromatic nitrogens is 1. The van der Waals surface area contributed by atoms with Crippen molar-refractivity contribution in [2.24, 2.45) is 0 Å². The summed E-state index contributed by atoms with van der Waals surface area (Å²) in [4.78, 5) is 16.5. The molecule has 0 aliphatic heterocycles. The van der Waals surface area contributed by atoms with Gasteiger partial charge < -0.3 is 9.47 Å². The van der Waals surface area contributed by atoms with Crippen LogP contribution in [0.1, 0.15) is 10.4 Å². The van der Waals surface area contributed by atoms with Crippen molar-refractivity contribution in [3.8, 4) is 11.5 Å². The molecule has 1 aromatic heterocycles. The van der Waals surface area contributed by atoms with Gasteiger partial charge in [-0.25, -0.2) is 9.78 Å². The molecular formula is C18H15NO3S. The number of benzene rings is 2. The second-order valence-electron chi connectivity index (χ2n) is 4.82. The minimum absolute atomic E-state index is 0.412. The van der Waals surface area contributed by atoms with E-state index in [1.54, 1.807) is 31.5 Å². The summed E-state index contributed by atoms with van der Waals surface area (Å²) in [5, 5.41) is 2.66. The summed E-state index contributed by atoms with van der Waals surface area (Å²) in [5.74, 6) is 0.842. The number of carbonyl (C=O) groups excluding carboxylic acids is 1. The topological polar surface area (TPSA) is 48.4 Å². The molecule has 5 heteroatoms. The lowest BCUT2D eigenvalue weighted by Crippen LogP contribution is -2.10. The molecule has 2 aromatic carbocycles. The average molecular weight is 325 g/mol. The third-order valence-corrected chi connectivity index (χ3v) is 4.13. The summed E-state index contributed by atoms with van der Waals surface area (Å²) in [6.45, 7) is 0. The van der Waals surface area contributed by atoms with Gasteiger partial charge in [-0.2, -0.15) is 0 Å². The van der Waals surface area contributed by atoms with Gasteiger partial charge in [0.05, 0.1) is 12.7 Å². The smallest absolute Gasteiger partial charge is 0.346 e. The van der Waals surface area contributed by atoms with Crippen molar-refractivity contribution in [3.63, 3.8) is 0 Å². The summed E-state index contributed by atoms with van der Waals surface area (Å²) in [7, 11) is 1.62. The lowest BCUT2D eigenvalue weighted by molar-refractivity contribution is 0.0730. The Morgan fingerprint density at radius 1 is 1.04 bits per heavy atom. The van der Waals surface area contributed by atoms with E-state index in [1.165, 1.54) is 11.8 Å². The number of nitrogens with zero attached hydrogens (tertiary/aromatic N) is 1. The highest BCUT2D eigenvalue weighted by Gasteiger charge is 2.14. The van der Waals surface area contributed by atoms with Crippen LogP contribution in [0.2, 0.25) is 0 Å². The van der Waals surface area contributed by atoms with Crippen LogP contribution in [0.5, 0.6) is 11.5 Å². The number of rotatable bonds is 4. The van der Waals surface area contributed by atoms with E-state index < -0.39 is 5.97 Å². The van der Waals surface area contributed by atoms with Gasteiger partial charge in [0.2, 0.25) is 0 Å². The molecule has 0 unspecified atom stereocenters. The summed E-state index contributed by atoms with van der Waals surface area (Å²) in [6.07, 6.45) is 3.53. The van der Waals surface area contributed by atoms with Crippen molar-refractivity contribution in [2.45, 2.75) is 5.03 Å². The van der Waals surface area contributed by atoms with Gasteiger partial charge in [0.1, 0.15) is 16.5 Å². The van der Waals surface area contributed by atoms with Gasteiger partial charge in [-0.05, 0) is 53.4 Å². The fourth-order valence-corrected chi connectivity index (χ4v) is 2.80. The minimum atomic E-state index is -0.412. The van der Waals surface area contributed by atoms with Crippen molar-refractivity contribution < 1.29 is 14.3 Å². The van der Waals surface area contributed by atoms with Crippen LogP contribution in [-0.2, 0) is 0 Å². The van der Waals surface area contributed by atoms with Gasteiger partial charge in [0, 0.05) is 6.20 Å². The number of pyridine rings is 1. The normalized spacial score (nSPS) is 10.5. The van der Waals surface area contributed by atoms with Crippen molar-refractivity contribution in [1.82, 2.24) is 4.98 Å². The van der Waals surface area contributed by atoms with E-state index in [0.29, 0.717) is 16.3 Å². The second kappa shape index (κ2) is 6.71. The number of hydrogen-bond donors (Lipinski definition) is 0. The van der Waals surface area contributed by atoms with Crippen LogP contribution in [0.3, 0.4) is 0 Å². The molecule has 3 rings (SSSR count). The van der Waals surface area contributed by atoms with Crippen molar-refractivity contribution in [1.29, 1.82) is 0 Å². The third kappa shape index (κ3) is 3.29. The summed E-state index contributed by atoms with van der Waals surface area (Å²) in [5.41, 5.74) is 0.464. The molecule has 0 fully saturated rings. The van der Waals surface area contributed by atoms with E-state index in [4.69, 9.17) is 9.47 Å². The zero-order valence-corrected chi connectivity index (χ0v) is 13.6. The van der Waals surface area contributed by atoms with Crippen LogP contribution in [0.25, 0.3) is 10.8 Å². The van der Waals surface area contributed by atoms with Gasteiger partial charge in [-0.3, -0.25) is 0 Å². The number of hydrogen-bond acceptors (Lipinski definition) is 5. The first kappa shape index (κ1) is 15.4. The first-order valence-electron chi connectivity index (χ1n) is 7.00. The van der Waals surface area contributed by atoms with E-state index in [-0.39, 0.29) is 0 Å². The number of ether oxygens (including phenoxy) is 2. The second-order valence-corrected chi connectivity index (χ2v) is 5.62. The number of fused-ring (bicyclic) bond motifs is 1. The monoisotopic (exact) mass is 325 g/mol. The summed E-state index contributed by atoms with van der Waals surface area (Å²) < 4.78 is 10.7. The van der Waals surface area contributed by atoms with Crippen LogP contribution in [0, 0.1) is 0 Å². The van der Waals surface area contributed by atoms with Gasteiger partial charge in [0.25, 0.3) is 0 Å². The number of carbonyl (C=O) groups is 1. The van der Waals surface area contributed by atoms with Gasteiger partial charge >= 0.3 is 5.97 Å². The molecule has 0 atom stereocenters. The summed E-state index contributed by atoms with van der Waals surface area (Å²) >= 11 is 1.41. The molecule has 23 heavy (non-hydrogen) atoms. The Labute approximate surface area is 138 Å². The zero-order chi connectivity index (χ0) is 16.2. The maximum Gasteiger partial charge on any atom is 0.346 e. The molecule has 0 aliphatic carbocycles. The largest absolute Gasteiger partial charge is 0.497 e. The minimum Gasteiger partial charge on any atom is -0.497 e. The van der Waals surface area contributed by atoms with Crippen LogP contribution in [0.15, 0.2) is 59.8 Å². The quantitative estimate of drug-likeness (QED) is 0.409. The van der Waals surface area contributed by atoms with E-state index in [2.05, 4.69) is 4.98 Å². The van der Waals surface area contributed by atoms with Crippen molar-refractivity contribution in [2.75, 3.05) is 13.4 Å². The SMILES string of the molecule is COc1ccc2ccc(OC(=O)c3cccnc3SC)cc2c1.